The topological polar surface area (TPSA) is 85.3 Å². The van der Waals surface area contributed by atoms with Gasteiger partial charge in [-0.2, -0.15) is 13.2 Å². The maximum absolute atomic E-state index is 13.5. The number of halogens is 3. The number of aliphatic hydroxyl groups is 1. The van der Waals surface area contributed by atoms with Gasteiger partial charge in [0.1, 0.15) is 0 Å². The molecule has 0 radical (unpaired) electrons. The molecule has 0 bridgehead atoms. The Labute approximate surface area is 211 Å². The molecule has 0 saturated carbocycles. The number of methoxy groups -OCH3 is 3. The molecule has 0 unspecified atom stereocenters. The number of benzene rings is 3. The summed E-state index contributed by atoms with van der Waals surface area (Å²) >= 11 is 0. The van der Waals surface area contributed by atoms with Gasteiger partial charge in [0.05, 0.1) is 45.5 Å². The first-order valence-corrected chi connectivity index (χ1v) is 11.2. The summed E-state index contributed by atoms with van der Waals surface area (Å²) in [7, 11) is 4.20. The average Bonchev–Trinajstić information content (AvgIpc) is 3.09. The smallest absolute Gasteiger partial charge is 0.416 e. The summed E-state index contributed by atoms with van der Waals surface area (Å²) in [5, 5.41) is 11.6. The van der Waals surface area contributed by atoms with Crippen molar-refractivity contribution in [1.82, 2.24) is 0 Å². The zero-order valence-corrected chi connectivity index (χ0v) is 20.3. The largest absolute Gasteiger partial charge is 0.493 e. The highest BCUT2D eigenvalue weighted by Crippen LogP contribution is 2.45. The summed E-state index contributed by atoms with van der Waals surface area (Å²) in [6.07, 6.45) is -5.16. The molecule has 3 aromatic carbocycles. The first kappa shape index (κ1) is 26.0. The molecule has 0 aromatic heterocycles. The van der Waals surface area contributed by atoms with Crippen LogP contribution in [0.5, 0.6) is 17.2 Å². The Kier molecular flexibility index (Phi) is 6.88. The Hall–Kier alpha value is -4.05. The predicted molar refractivity (Wildman–Crippen MR) is 128 cm³/mol. The number of hydrogen-bond donors (Lipinski definition) is 1. The van der Waals surface area contributed by atoms with Crippen LogP contribution in [0.15, 0.2) is 60.7 Å². The lowest BCUT2D eigenvalue weighted by Gasteiger charge is -2.23. The van der Waals surface area contributed by atoms with Gasteiger partial charge >= 0.3 is 6.18 Å². The minimum absolute atomic E-state index is 0.115. The van der Waals surface area contributed by atoms with E-state index in [1.54, 1.807) is 18.2 Å². The first-order valence-electron chi connectivity index (χ1n) is 11.2. The van der Waals surface area contributed by atoms with Crippen LogP contribution >= 0.6 is 0 Å². The lowest BCUT2D eigenvalue weighted by atomic mass is 9.88. The number of ketones is 1. The van der Waals surface area contributed by atoms with E-state index in [-0.39, 0.29) is 40.5 Å². The Morgan fingerprint density at radius 1 is 0.946 bits per heavy atom. The second kappa shape index (κ2) is 9.78. The van der Waals surface area contributed by atoms with Crippen LogP contribution in [0.4, 0.5) is 18.9 Å². The maximum Gasteiger partial charge on any atom is 0.416 e. The predicted octanol–water partition coefficient (Wildman–Crippen LogP) is 4.74. The van der Waals surface area contributed by atoms with Crippen LogP contribution in [0, 0.1) is 0 Å². The third kappa shape index (κ3) is 4.72. The number of carbonyl (C=O) groups is 2. The van der Waals surface area contributed by atoms with Crippen LogP contribution in [0.25, 0.3) is 0 Å². The number of Topliss-reactive ketones (excluding diaryl/α,β-unsaturated/α-hetero) is 1. The Bertz CT molecular complexity index is 1330. The molecule has 1 amide bonds. The van der Waals surface area contributed by atoms with Crippen LogP contribution in [0.3, 0.4) is 0 Å². The van der Waals surface area contributed by atoms with Crippen molar-refractivity contribution in [2.24, 2.45) is 0 Å². The van der Waals surface area contributed by atoms with Crippen molar-refractivity contribution in [3.63, 3.8) is 0 Å². The molecule has 1 heterocycles. The minimum atomic E-state index is -4.55. The monoisotopic (exact) mass is 515 g/mol. The fraction of sp³-hybridized carbons (Fsp3) is 0.259. The van der Waals surface area contributed by atoms with Gasteiger partial charge in [-0.15, -0.1) is 0 Å². The number of nitrogens with zero attached hydrogens (tertiary/aromatic N) is 1. The van der Waals surface area contributed by atoms with E-state index >= 15 is 0 Å². The van der Waals surface area contributed by atoms with E-state index in [4.69, 9.17) is 14.2 Å². The van der Waals surface area contributed by atoms with E-state index in [1.807, 2.05) is 0 Å². The molecule has 194 valence electrons. The van der Waals surface area contributed by atoms with Gasteiger partial charge in [-0.05, 0) is 35.9 Å². The molecule has 37 heavy (non-hydrogen) atoms. The van der Waals surface area contributed by atoms with Gasteiger partial charge in [0.25, 0.3) is 5.91 Å². The van der Waals surface area contributed by atoms with Crippen molar-refractivity contribution in [1.29, 1.82) is 0 Å². The van der Waals surface area contributed by atoms with Gasteiger partial charge in [-0.25, -0.2) is 0 Å². The molecule has 1 aliphatic heterocycles. The molecule has 4 rings (SSSR count). The van der Waals surface area contributed by atoms with E-state index in [2.05, 4.69) is 0 Å². The van der Waals surface area contributed by atoms with Crippen LogP contribution < -0.4 is 19.1 Å². The Morgan fingerprint density at radius 3 is 2.19 bits per heavy atom. The van der Waals surface area contributed by atoms with Crippen LogP contribution in [0.2, 0.25) is 0 Å². The zero-order valence-electron chi connectivity index (χ0n) is 20.3. The van der Waals surface area contributed by atoms with E-state index < -0.39 is 35.5 Å². The fourth-order valence-corrected chi connectivity index (χ4v) is 4.44. The van der Waals surface area contributed by atoms with Crippen LogP contribution in [-0.2, 0) is 23.1 Å². The molecule has 0 fully saturated rings. The highest BCUT2D eigenvalue weighted by atomic mass is 19.4. The van der Waals surface area contributed by atoms with Crippen LogP contribution in [0.1, 0.15) is 33.5 Å². The van der Waals surface area contributed by atoms with E-state index in [9.17, 15) is 27.9 Å². The molecule has 0 saturated heterocycles. The second-order valence-corrected chi connectivity index (χ2v) is 8.48. The molecule has 1 aliphatic rings. The van der Waals surface area contributed by atoms with E-state index in [1.165, 1.54) is 56.6 Å². The zero-order chi connectivity index (χ0) is 27.0. The molecule has 1 atom stereocenters. The number of carbonyl (C=O) groups excluding carboxylic acids is 2. The SMILES string of the molecule is COc1cc(C(=O)C[C@@]2(O)C(=O)N(Cc3cccc(C(F)(F)F)c3)c3ccccc32)cc(OC)c1OC. The van der Waals surface area contributed by atoms with Gasteiger partial charge in [0.2, 0.25) is 5.75 Å². The number of hydrogen-bond acceptors (Lipinski definition) is 6. The first-order chi connectivity index (χ1) is 17.5. The van der Waals surface area contributed by atoms with Crippen molar-refractivity contribution in [3.8, 4) is 17.2 Å². The molecule has 10 heteroatoms. The number of ether oxygens (including phenoxy) is 3. The lowest BCUT2D eigenvalue weighted by Crippen LogP contribution is -2.41. The normalized spacial score (nSPS) is 16.9. The molecule has 0 aliphatic carbocycles. The minimum Gasteiger partial charge on any atom is -0.493 e. The van der Waals surface area contributed by atoms with Crippen molar-refractivity contribution >= 4 is 17.4 Å². The lowest BCUT2D eigenvalue weighted by molar-refractivity contribution is -0.137. The van der Waals surface area contributed by atoms with Crippen molar-refractivity contribution in [2.75, 3.05) is 26.2 Å². The summed E-state index contributed by atoms with van der Waals surface area (Å²) in [6, 6.07) is 13.8. The van der Waals surface area contributed by atoms with Gasteiger partial charge in [-0.1, -0.05) is 30.3 Å². The molecule has 7 nitrogen and oxygen atoms in total. The molecule has 0 spiro atoms. The van der Waals surface area contributed by atoms with Gasteiger partial charge in [0, 0.05) is 11.1 Å². The summed E-state index contributed by atoms with van der Waals surface area (Å²) in [5.41, 5.74) is -2.24. The van der Waals surface area contributed by atoms with Crippen molar-refractivity contribution in [3.05, 3.63) is 82.9 Å². The molecular weight excluding hydrogens is 491 g/mol. The number of amides is 1. The van der Waals surface area contributed by atoms with Gasteiger partial charge in [-0.3, -0.25) is 9.59 Å². The van der Waals surface area contributed by atoms with E-state index in [0.29, 0.717) is 5.69 Å². The van der Waals surface area contributed by atoms with E-state index in [0.717, 1.165) is 12.1 Å². The van der Waals surface area contributed by atoms with Gasteiger partial charge in [0.15, 0.2) is 22.9 Å². The Balaban J connectivity index is 1.68. The summed E-state index contributed by atoms with van der Waals surface area (Å²) in [4.78, 5) is 28.0. The van der Waals surface area contributed by atoms with Crippen molar-refractivity contribution in [2.45, 2.75) is 24.7 Å². The number of rotatable bonds is 8. The Morgan fingerprint density at radius 2 is 1.59 bits per heavy atom. The van der Waals surface area contributed by atoms with Gasteiger partial charge < -0.3 is 24.2 Å². The summed E-state index contributed by atoms with van der Waals surface area (Å²) < 4.78 is 55.4. The van der Waals surface area contributed by atoms with Crippen molar-refractivity contribution < 1.29 is 42.1 Å². The quantitative estimate of drug-likeness (QED) is 0.437. The van der Waals surface area contributed by atoms with Crippen LogP contribution in [-0.4, -0.2) is 38.1 Å². The third-order valence-electron chi connectivity index (χ3n) is 6.24. The average molecular weight is 515 g/mol. The molecular formula is C27H24F3NO6. The number of anilines is 1. The number of fused-ring (bicyclic) bond motifs is 1. The maximum atomic E-state index is 13.5. The molecule has 1 N–H and O–H groups in total. The second-order valence-electron chi connectivity index (χ2n) is 8.48. The number of para-hydroxylation sites is 1. The number of alkyl halides is 3. The third-order valence-corrected chi connectivity index (χ3v) is 6.24. The highest BCUT2D eigenvalue weighted by Gasteiger charge is 2.51. The molecule has 3 aromatic rings. The summed E-state index contributed by atoms with van der Waals surface area (Å²) in [6.45, 7) is -0.222. The fourth-order valence-electron chi connectivity index (χ4n) is 4.44. The standard InChI is InChI=1S/C27H24F3NO6/c1-35-22-12-17(13-23(36-2)24(22)37-3)21(32)14-26(34)19-9-4-5-10-20(19)31(25(26)33)15-16-7-6-8-18(11-16)27(28,29)30/h4-13,34H,14-15H2,1-3H3/t26-/m0/s1. The summed E-state index contributed by atoms with van der Waals surface area (Å²) in [5.74, 6) is -0.671. The highest BCUT2D eigenvalue weighted by molar-refractivity contribution is 6.10.